The summed E-state index contributed by atoms with van der Waals surface area (Å²) in [5.41, 5.74) is 4.83. The van der Waals surface area contributed by atoms with Gasteiger partial charge in [0.2, 0.25) is 0 Å². The van der Waals surface area contributed by atoms with Gasteiger partial charge in [0.25, 0.3) is 0 Å². The molecule has 21 heavy (non-hydrogen) atoms. The highest BCUT2D eigenvalue weighted by Crippen LogP contribution is 2.42. The van der Waals surface area contributed by atoms with E-state index in [0.29, 0.717) is 13.2 Å². The van der Waals surface area contributed by atoms with Crippen molar-refractivity contribution >= 4 is 11.7 Å². The molecule has 1 amide bonds. The first-order chi connectivity index (χ1) is 10.2. The molecule has 1 aliphatic carbocycles. The van der Waals surface area contributed by atoms with Crippen molar-refractivity contribution in [2.24, 2.45) is 0 Å². The molecule has 0 bridgehead atoms. The monoisotopic (exact) mass is 283 g/mol. The van der Waals surface area contributed by atoms with Gasteiger partial charge in [-0.2, -0.15) is 0 Å². The van der Waals surface area contributed by atoms with Crippen LogP contribution in [0.15, 0.2) is 54.6 Å². The number of benzene rings is 1. The summed E-state index contributed by atoms with van der Waals surface area (Å²) in [5, 5.41) is 2.65. The predicted molar refractivity (Wildman–Crippen MR) is 86.1 cm³/mol. The highest BCUT2D eigenvalue weighted by Gasteiger charge is 2.28. The van der Waals surface area contributed by atoms with Crippen LogP contribution in [0.25, 0.3) is 5.57 Å². The molecule has 1 atom stereocenters. The van der Waals surface area contributed by atoms with Gasteiger partial charge < -0.3 is 10.1 Å². The minimum Gasteiger partial charge on any atom is -0.449 e. The third kappa shape index (κ3) is 3.24. The van der Waals surface area contributed by atoms with Crippen molar-refractivity contribution in [3.63, 3.8) is 0 Å². The summed E-state index contributed by atoms with van der Waals surface area (Å²) in [7, 11) is 0. The van der Waals surface area contributed by atoms with E-state index >= 15 is 0 Å². The second kappa shape index (κ2) is 6.93. The minimum atomic E-state index is -0.363. The van der Waals surface area contributed by atoms with Crippen molar-refractivity contribution in [2.45, 2.75) is 19.8 Å². The summed E-state index contributed by atoms with van der Waals surface area (Å²) in [6.45, 7) is 8.61. The normalized spacial score (nSPS) is 17.0. The summed E-state index contributed by atoms with van der Waals surface area (Å²) in [6, 6.07) is 8.25. The fourth-order valence-corrected chi connectivity index (χ4v) is 2.63. The molecule has 110 valence electrons. The zero-order valence-corrected chi connectivity index (χ0v) is 12.6. The second-order valence-corrected chi connectivity index (χ2v) is 4.96. The van der Waals surface area contributed by atoms with Crippen LogP contribution in [0.5, 0.6) is 0 Å². The maximum atomic E-state index is 11.5. The van der Waals surface area contributed by atoms with Crippen LogP contribution in [0.2, 0.25) is 0 Å². The molecule has 3 heteroatoms. The van der Waals surface area contributed by atoms with Crippen LogP contribution >= 0.6 is 0 Å². The Labute approximate surface area is 126 Å². The van der Waals surface area contributed by atoms with Gasteiger partial charge in [0.1, 0.15) is 6.61 Å². The first-order valence-corrected chi connectivity index (χ1v) is 7.18. The minimum absolute atomic E-state index is 0.119. The van der Waals surface area contributed by atoms with E-state index in [-0.39, 0.29) is 12.0 Å². The molecule has 3 nitrogen and oxygen atoms in total. The number of fused-ring (bicyclic) bond motifs is 1. The molecule has 1 aliphatic rings. The second-order valence-electron chi connectivity index (χ2n) is 4.96. The van der Waals surface area contributed by atoms with Gasteiger partial charge in [-0.15, -0.1) is 0 Å². The number of hydrogen-bond acceptors (Lipinski definition) is 2. The Hall–Kier alpha value is -2.29. The zero-order valence-electron chi connectivity index (χ0n) is 12.6. The third-order valence-corrected chi connectivity index (χ3v) is 3.68. The zero-order chi connectivity index (χ0) is 15.2. The Morgan fingerprint density at radius 1 is 1.43 bits per heavy atom. The van der Waals surface area contributed by atoms with E-state index in [1.165, 1.54) is 22.3 Å². The number of ether oxygens (including phenoxy) is 1. The fourth-order valence-electron chi connectivity index (χ4n) is 2.63. The van der Waals surface area contributed by atoms with E-state index in [1.54, 1.807) is 6.08 Å². The number of hydrogen-bond donors (Lipinski definition) is 1. The Bertz CT molecular complexity index is 599. The van der Waals surface area contributed by atoms with Crippen LogP contribution in [-0.2, 0) is 4.74 Å². The van der Waals surface area contributed by atoms with Crippen LogP contribution in [0.4, 0.5) is 4.79 Å². The van der Waals surface area contributed by atoms with Crippen molar-refractivity contribution in [1.29, 1.82) is 0 Å². The van der Waals surface area contributed by atoms with Crippen molar-refractivity contribution in [1.82, 2.24) is 5.32 Å². The van der Waals surface area contributed by atoms with Crippen molar-refractivity contribution < 1.29 is 9.53 Å². The molecule has 0 fully saturated rings. The number of allylic oxidation sites excluding steroid dienone is 4. The largest absolute Gasteiger partial charge is 0.449 e. The molecule has 1 aromatic rings. The molecule has 1 aromatic carbocycles. The fraction of sp³-hybridized carbons (Fsp3) is 0.278. The van der Waals surface area contributed by atoms with Crippen LogP contribution < -0.4 is 5.32 Å². The summed E-state index contributed by atoms with van der Waals surface area (Å²) in [5.74, 6) is 0.119. The Kier molecular flexibility index (Phi) is 4.99. The lowest BCUT2D eigenvalue weighted by Crippen LogP contribution is -2.25. The summed E-state index contributed by atoms with van der Waals surface area (Å²) >= 11 is 0. The quantitative estimate of drug-likeness (QED) is 0.828. The number of alkyl carbamates (subject to hydrolysis) is 1. The maximum Gasteiger partial charge on any atom is 0.407 e. The molecule has 0 saturated heterocycles. The van der Waals surface area contributed by atoms with Crippen molar-refractivity contribution in [2.75, 3.05) is 13.2 Å². The predicted octanol–water partition coefficient (Wildman–Crippen LogP) is 4.05. The lowest BCUT2D eigenvalue weighted by molar-refractivity contribution is 0.143. The highest BCUT2D eigenvalue weighted by atomic mass is 16.5. The van der Waals surface area contributed by atoms with E-state index in [2.05, 4.69) is 37.0 Å². The molecule has 0 aromatic heterocycles. The number of carbonyl (C=O) groups excluding carboxylic acids is 1. The molecule has 1 N–H and O–H groups in total. The van der Waals surface area contributed by atoms with E-state index in [1.807, 2.05) is 25.1 Å². The van der Waals surface area contributed by atoms with E-state index in [0.717, 1.165) is 0 Å². The molecule has 2 rings (SSSR count). The first-order valence-electron chi connectivity index (χ1n) is 7.18. The lowest BCUT2D eigenvalue weighted by Gasteiger charge is -2.14. The standard InChI is InChI=1S/C18H21NO2/c1-4-6-9-14-13(3)17(12-21-18(20)19-5-2)16-11-8-7-10-15(14)16/h4,6-11,17H,1,5,12H2,2-3H3,(H,19,20)/b9-6-. The molecule has 0 aliphatic heterocycles. The van der Waals surface area contributed by atoms with Gasteiger partial charge in [-0.3, -0.25) is 0 Å². The van der Waals surface area contributed by atoms with Gasteiger partial charge in [-0.05, 0) is 30.5 Å². The van der Waals surface area contributed by atoms with Crippen LogP contribution in [-0.4, -0.2) is 19.2 Å². The van der Waals surface area contributed by atoms with E-state index in [9.17, 15) is 4.79 Å². The smallest absolute Gasteiger partial charge is 0.407 e. The van der Waals surface area contributed by atoms with Gasteiger partial charge in [-0.25, -0.2) is 4.79 Å². The number of carbonyl (C=O) groups is 1. The molecule has 0 spiro atoms. The molecular weight excluding hydrogens is 262 g/mol. The average molecular weight is 283 g/mol. The SMILES string of the molecule is C=C/C=C\C1=C(C)C(COC(=O)NCC)c2ccccc21. The van der Waals surface area contributed by atoms with Crippen molar-refractivity contribution in [3.8, 4) is 0 Å². The van der Waals surface area contributed by atoms with E-state index in [4.69, 9.17) is 4.74 Å². The first kappa shape index (κ1) is 15.1. The Balaban J connectivity index is 2.24. The van der Waals surface area contributed by atoms with Crippen LogP contribution in [0.3, 0.4) is 0 Å². The molecule has 0 saturated carbocycles. The molecule has 0 heterocycles. The van der Waals surface area contributed by atoms with Gasteiger partial charge in [-0.1, -0.05) is 54.6 Å². The lowest BCUT2D eigenvalue weighted by atomic mass is 9.98. The van der Waals surface area contributed by atoms with Crippen LogP contribution in [0, 0.1) is 0 Å². The summed E-state index contributed by atoms with van der Waals surface area (Å²) in [4.78, 5) is 11.5. The maximum absolute atomic E-state index is 11.5. The number of nitrogens with one attached hydrogen (secondary N) is 1. The Morgan fingerprint density at radius 2 is 2.19 bits per heavy atom. The molecule has 1 unspecified atom stereocenters. The topological polar surface area (TPSA) is 38.3 Å². The van der Waals surface area contributed by atoms with Gasteiger partial charge in [0.15, 0.2) is 0 Å². The summed E-state index contributed by atoms with van der Waals surface area (Å²) < 4.78 is 5.32. The van der Waals surface area contributed by atoms with E-state index < -0.39 is 0 Å². The number of rotatable bonds is 5. The van der Waals surface area contributed by atoms with Gasteiger partial charge in [0, 0.05) is 12.5 Å². The summed E-state index contributed by atoms with van der Waals surface area (Å²) in [6.07, 6.45) is 5.40. The molecule has 0 radical (unpaired) electrons. The van der Waals surface area contributed by atoms with Crippen LogP contribution in [0.1, 0.15) is 30.9 Å². The number of amides is 1. The Morgan fingerprint density at radius 3 is 2.90 bits per heavy atom. The average Bonchev–Trinajstić information content (AvgIpc) is 2.75. The van der Waals surface area contributed by atoms with Crippen molar-refractivity contribution in [3.05, 3.63) is 65.8 Å². The third-order valence-electron chi connectivity index (χ3n) is 3.68. The van der Waals surface area contributed by atoms with Gasteiger partial charge in [0.05, 0.1) is 0 Å². The molecular formula is C18H21NO2. The highest BCUT2D eigenvalue weighted by molar-refractivity contribution is 5.84. The van der Waals surface area contributed by atoms with Gasteiger partial charge >= 0.3 is 6.09 Å².